The van der Waals surface area contributed by atoms with Gasteiger partial charge in [-0.25, -0.2) is 18.7 Å². The number of anilines is 1. The Labute approximate surface area is 302 Å². The first kappa shape index (κ1) is 36.9. The molecule has 6 rings (SSSR count). The lowest BCUT2D eigenvalue weighted by atomic mass is 9.94. The molecule has 1 unspecified atom stereocenters. The molecule has 10 nitrogen and oxygen atoms in total. The van der Waals surface area contributed by atoms with Gasteiger partial charge in [0.05, 0.1) is 5.02 Å². The van der Waals surface area contributed by atoms with Gasteiger partial charge < -0.3 is 24.8 Å². The van der Waals surface area contributed by atoms with E-state index in [9.17, 15) is 27.5 Å². The number of para-hydroxylation sites is 1. The first-order valence-electron chi connectivity index (χ1n) is 16.6. The number of carboxylic acid groups (broad SMARTS) is 1. The van der Waals surface area contributed by atoms with Crippen LogP contribution >= 0.6 is 11.6 Å². The average Bonchev–Trinajstić information content (AvgIpc) is 3.50. The number of fused-ring (bicyclic) bond motifs is 1. The van der Waals surface area contributed by atoms with Crippen molar-refractivity contribution < 1.29 is 36.9 Å². The van der Waals surface area contributed by atoms with Crippen molar-refractivity contribution in [3.05, 3.63) is 95.2 Å². The maximum atomic E-state index is 14.0. The number of hydrogen-bond acceptors (Lipinski definition) is 8. The zero-order valence-corrected chi connectivity index (χ0v) is 29.2. The Morgan fingerprint density at radius 1 is 1.00 bits per heavy atom. The first-order chi connectivity index (χ1) is 24.9. The number of nitrogens with one attached hydrogen (secondary N) is 1. The molecule has 1 fully saturated rings. The Kier molecular flexibility index (Phi) is 11.2. The number of carboxylic acids is 1. The van der Waals surface area contributed by atoms with E-state index in [1.54, 1.807) is 30.5 Å². The zero-order chi connectivity index (χ0) is 37.0. The summed E-state index contributed by atoms with van der Waals surface area (Å²) in [7, 11) is 2.10. The number of aromatic nitrogens is 3. The largest absolute Gasteiger partial charge is 0.491 e. The molecule has 1 atom stereocenters. The minimum Gasteiger partial charge on any atom is -0.491 e. The van der Waals surface area contributed by atoms with Crippen molar-refractivity contribution in [1.29, 1.82) is 0 Å². The van der Waals surface area contributed by atoms with Crippen LogP contribution in [0.15, 0.2) is 73.2 Å². The molecule has 52 heavy (non-hydrogen) atoms. The second-order valence-electron chi connectivity index (χ2n) is 12.6. The lowest BCUT2D eigenvalue weighted by Gasteiger charge is -2.32. The summed E-state index contributed by atoms with van der Waals surface area (Å²) < 4.78 is 65.6. The van der Waals surface area contributed by atoms with Crippen molar-refractivity contribution in [2.75, 3.05) is 58.3 Å². The van der Waals surface area contributed by atoms with Gasteiger partial charge in [-0.05, 0) is 60.5 Å². The van der Waals surface area contributed by atoms with Crippen LogP contribution in [0.3, 0.4) is 0 Å². The van der Waals surface area contributed by atoms with Crippen LogP contribution in [0, 0.1) is 12.7 Å². The van der Waals surface area contributed by atoms with Crippen LogP contribution in [0.5, 0.6) is 11.5 Å². The standard InChI is InChI=1S/C37H37ClF4N6O4/c1-23-27(11-12-31(33(23)38)51-18-17-47-15-13-46(2)14-16-47)32-28(24-7-9-26(39)10-8-24)20-48-34(32)35(43-22-44-48)45-29(36(49)50)19-25-5-3-4-6-30(25)52-21-37(40,41)42/h3-12,20,22,29H,13-19,21H2,1-2H3,(H,49,50)(H,43,44,45). The Hall–Kier alpha value is -4.92. The van der Waals surface area contributed by atoms with Gasteiger partial charge in [0, 0.05) is 56.5 Å². The summed E-state index contributed by atoms with van der Waals surface area (Å²) in [5.74, 6) is -1.12. The van der Waals surface area contributed by atoms with Gasteiger partial charge in [-0.3, -0.25) is 4.90 Å². The Morgan fingerprint density at radius 2 is 1.73 bits per heavy atom. The fraction of sp³-hybridized carbons (Fsp3) is 0.324. The summed E-state index contributed by atoms with van der Waals surface area (Å²) in [6.07, 6.45) is -1.82. The fourth-order valence-electron chi connectivity index (χ4n) is 6.19. The molecule has 1 aliphatic rings. The van der Waals surface area contributed by atoms with Crippen LogP contribution in [0.1, 0.15) is 11.1 Å². The molecule has 5 aromatic rings. The van der Waals surface area contributed by atoms with Crippen molar-refractivity contribution in [2.45, 2.75) is 25.6 Å². The Balaban J connectivity index is 1.37. The van der Waals surface area contributed by atoms with E-state index in [0.29, 0.717) is 50.7 Å². The number of alkyl halides is 3. The summed E-state index contributed by atoms with van der Waals surface area (Å²) >= 11 is 6.94. The number of hydrogen-bond donors (Lipinski definition) is 2. The number of carbonyl (C=O) groups is 1. The van der Waals surface area contributed by atoms with Gasteiger partial charge in [0.1, 0.15) is 41.8 Å². The van der Waals surface area contributed by atoms with Crippen LogP contribution in [-0.2, 0) is 11.2 Å². The molecule has 274 valence electrons. The highest BCUT2D eigenvalue weighted by Gasteiger charge is 2.30. The van der Waals surface area contributed by atoms with E-state index in [1.165, 1.54) is 41.2 Å². The van der Waals surface area contributed by atoms with E-state index in [4.69, 9.17) is 21.1 Å². The molecule has 2 aromatic heterocycles. The molecular formula is C37H37ClF4N6O4. The van der Waals surface area contributed by atoms with Crippen LogP contribution < -0.4 is 14.8 Å². The van der Waals surface area contributed by atoms with E-state index < -0.39 is 30.6 Å². The topological polar surface area (TPSA) is 104 Å². The lowest BCUT2D eigenvalue weighted by molar-refractivity contribution is -0.153. The van der Waals surface area contributed by atoms with Crippen LogP contribution in [-0.4, -0.2) is 101 Å². The lowest BCUT2D eigenvalue weighted by Crippen LogP contribution is -2.45. The summed E-state index contributed by atoms with van der Waals surface area (Å²) in [6, 6.07) is 14.2. The number of rotatable bonds is 13. The SMILES string of the molecule is Cc1c(-c2c(-c3ccc(F)cc3)cn3ncnc(NC(Cc4ccccc4OCC(F)(F)F)C(=O)O)c23)ccc(OCCN2CCN(C)CC2)c1Cl. The van der Waals surface area contributed by atoms with Crippen molar-refractivity contribution in [1.82, 2.24) is 24.4 Å². The van der Waals surface area contributed by atoms with Crippen molar-refractivity contribution >= 4 is 28.9 Å². The van der Waals surface area contributed by atoms with Gasteiger partial charge in [0.15, 0.2) is 12.4 Å². The Morgan fingerprint density at radius 3 is 2.44 bits per heavy atom. The molecule has 3 aromatic carbocycles. The van der Waals surface area contributed by atoms with Crippen molar-refractivity contribution in [3.8, 4) is 33.8 Å². The minimum absolute atomic E-state index is 0.0845. The average molecular weight is 741 g/mol. The van der Waals surface area contributed by atoms with Gasteiger partial charge in [-0.1, -0.05) is 48.0 Å². The number of likely N-dealkylation sites (N-methyl/N-ethyl adjacent to an activating group) is 1. The quantitative estimate of drug-likeness (QED) is 0.126. The first-order valence-corrected chi connectivity index (χ1v) is 17.0. The molecule has 0 spiro atoms. The van der Waals surface area contributed by atoms with Crippen LogP contribution in [0.2, 0.25) is 5.02 Å². The molecule has 0 bridgehead atoms. The summed E-state index contributed by atoms with van der Waals surface area (Å²) in [6.45, 7) is 5.42. The summed E-state index contributed by atoms with van der Waals surface area (Å²) in [5.41, 5.74) is 3.90. The van der Waals surface area contributed by atoms with E-state index in [0.717, 1.165) is 32.7 Å². The van der Waals surface area contributed by atoms with E-state index in [1.807, 2.05) is 13.0 Å². The minimum atomic E-state index is -4.58. The van der Waals surface area contributed by atoms with E-state index >= 15 is 0 Å². The molecule has 1 aliphatic heterocycles. The van der Waals surface area contributed by atoms with Crippen LogP contribution in [0.25, 0.3) is 27.8 Å². The predicted octanol–water partition coefficient (Wildman–Crippen LogP) is 6.84. The van der Waals surface area contributed by atoms with Gasteiger partial charge >= 0.3 is 12.1 Å². The van der Waals surface area contributed by atoms with Gasteiger partial charge in [0.25, 0.3) is 0 Å². The predicted molar refractivity (Wildman–Crippen MR) is 190 cm³/mol. The van der Waals surface area contributed by atoms with Crippen LogP contribution in [0.4, 0.5) is 23.4 Å². The van der Waals surface area contributed by atoms with E-state index in [2.05, 4.69) is 32.2 Å². The number of halogens is 5. The molecule has 0 amide bonds. The van der Waals surface area contributed by atoms with Gasteiger partial charge in [-0.2, -0.15) is 18.3 Å². The monoisotopic (exact) mass is 740 g/mol. The highest BCUT2D eigenvalue weighted by atomic mass is 35.5. The maximum absolute atomic E-state index is 14.0. The third kappa shape index (κ3) is 8.57. The molecule has 1 saturated heterocycles. The third-order valence-corrected chi connectivity index (χ3v) is 9.48. The highest BCUT2D eigenvalue weighted by molar-refractivity contribution is 6.33. The molecule has 0 radical (unpaired) electrons. The number of benzene rings is 3. The maximum Gasteiger partial charge on any atom is 0.422 e. The summed E-state index contributed by atoms with van der Waals surface area (Å²) in [5, 5.41) is 18.1. The van der Waals surface area contributed by atoms with Gasteiger partial charge in [-0.15, -0.1) is 0 Å². The molecule has 15 heteroatoms. The smallest absolute Gasteiger partial charge is 0.422 e. The fourth-order valence-corrected chi connectivity index (χ4v) is 6.41. The number of aliphatic carboxylic acids is 1. The zero-order valence-electron chi connectivity index (χ0n) is 28.5. The second kappa shape index (κ2) is 15.8. The van der Waals surface area contributed by atoms with E-state index in [-0.39, 0.29) is 23.6 Å². The number of ether oxygens (including phenoxy) is 2. The van der Waals surface area contributed by atoms with Gasteiger partial charge in [0.2, 0.25) is 0 Å². The third-order valence-electron chi connectivity index (χ3n) is 9.01. The van der Waals surface area contributed by atoms with Crippen molar-refractivity contribution in [3.63, 3.8) is 0 Å². The summed E-state index contributed by atoms with van der Waals surface area (Å²) in [4.78, 5) is 21.7. The molecule has 3 heterocycles. The molecule has 2 N–H and O–H groups in total. The normalized spacial score (nSPS) is 14.8. The molecule has 0 saturated carbocycles. The molecule has 0 aliphatic carbocycles. The highest BCUT2D eigenvalue weighted by Crippen LogP contribution is 2.44. The molecular weight excluding hydrogens is 704 g/mol. The Bertz CT molecular complexity index is 2030. The number of nitrogens with zero attached hydrogens (tertiary/aromatic N) is 5. The van der Waals surface area contributed by atoms with Crippen molar-refractivity contribution in [2.24, 2.45) is 0 Å². The second-order valence-corrected chi connectivity index (χ2v) is 13.0. The number of piperazine rings is 1.